The van der Waals surface area contributed by atoms with E-state index in [0.717, 1.165) is 13.1 Å². The van der Waals surface area contributed by atoms with Gasteiger partial charge in [0.05, 0.1) is 0 Å². The maximum atomic E-state index is 8.70. The van der Waals surface area contributed by atoms with Crippen molar-refractivity contribution in [2.24, 2.45) is 0 Å². The molecular formula is C4H15N2O4P. The summed E-state index contributed by atoms with van der Waals surface area (Å²) in [5.74, 6) is 0. The van der Waals surface area contributed by atoms with Crippen LogP contribution >= 0.6 is 7.51 Å². The quantitative estimate of drug-likeness (QED) is 0.220. The summed E-state index contributed by atoms with van der Waals surface area (Å²) in [6, 6.07) is 0. The van der Waals surface area contributed by atoms with Gasteiger partial charge in [-0.3, -0.25) is 0 Å². The number of rotatable bonds is 5. The minimum atomic E-state index is -4.83. The van der Waals surface area contributed by atoms with Gasteiger partial charge in [0.1, 0.15) is 0 Å². The second kappa shape index (κ2) is 3.73. The van der Waals surface area contributed by atoms with Gasteiger partial charge in [-0.2, -0.15) is 0 Å². The summed E-state index contributed by atoms with van der Waals surface area (Å²) in [5, 5.41) is 0. The first-order valence-electron chi connectivity index (χ1n) is 3.24. The van der Waals surface area contributed by atoms with Gasteiger partial charge in [-0.1, -0.05) is 0 Å². The predicted molar refractivity (Wildman–Crippen MR) is 42.0 cm³/mol. The third-order valence-corrected chi connectivity index (χ3v) is 1.23. The molecular weight excluding hydrogens is 171 g/mol. The van der Waals surface area contributed by atoms with Crippen LogP contribution in [0.4, 0.5) is 0 Å². The summed E-state index contributed by atoms with van der Waals surface area (Å²) < 4.78 is 4.16. The van der Waals surface area contributed by atoms with E-state index in [1.165, 1.54) is 0 Å². The molecule has 0 unspecified atom stereocenters. The van der Waals surface area contributed by atoms with Gasteiger partial charge < -0.3 is 0 Å². The Kier molecular flexibility index (Phi) is 3.79. The second-order valence-electron chi connectivity index (χ2n) is 2.42. The topological polar surface area (TPSA) is 94.0 Å². The van der Waals surface area contributed by atoms with Crippen LogP contribution in [0.3, 0.4) is 0 Å². The molecule has 5 N–H and O–H groups in total. The zero-order valence-corrected chi connectivity index (χ0v) is 7.51. The van der Waals surface area contributed by atoms with Crippen LogP contribution in [0.15, 0.2) is 0 Å². The van der Waals surface area contributed by atoms with E-state index in [-0.39, 0.29) is 0 Å². The molecule has 0 saturated carbocycles. The van der Waals surface area contributed by atoms with Gasteiger partial charge in [-0.05, 0) is 0 Å². The average molecular weight is 186 g/mol. The van der Waals surface area contributed by atoms with Gasteiger partial charge in [0, 0.05) is 0 Å². The average Bonchev–Trinajstić information content (AvgIpc) is 1.76. The summed E-state index contributed by atoms with van der Waals surface area (Å²) >= 11 is 0. The fourth-order valence-electron chi connectivity index (χ4n) is 0.315. The van der Waals surface area contributed by atoms with E-state index in [1.54, 1.807) is 0 Å². The van der Waals surface area contributed by atoms with Gasteiger partial charge in [0.2, 0.25) is 0 Å². The Hall–Kier alpha value is 0.190. The van der Waals surface area contributed by atoms with E-state index in [2.05, 4.69) is 10.1 Å². The molecule has 0 aromatic carbocycles. The Morgan fingerprint density at radius 2 is 1.91 bits per heavy atom. The van der Waals surface area contributed by atoms with Crippen molar-refractivity contribution >= 4 is 7.51 Å². The first kappa shape index (κ1) is 11.2. The monoisotopic (exact) mass is 186 g/mol. The standard InChI is InChI=1S/C4H15N2O4P/c1-3-4-5-6-10-11(2,7,8)9/h5-9H,3-4H2,1-2H3. The van der Waals surface area contributed by atoms with Crippen molar-refractivity contribution in [1.29, 1.82) is 0 Å². The summed E-state index contributed by atoms with van der Waals surface area (Å²) in [5.41, 5.74) is 4.52. The third kappa shape index (κ3) is 10.2. The molecule has 0 atom stereocenters. The van der Waals surface area contributed by atoms with Crippen molar-refractivity contribution in [2.75, 3.05) is 13.2 Å². The molecule has 0 aliphatic heterocycles. The molecule has 0 amide bonds. The van der Waals surface area contributed by atoms with Crippen molar-refractivity contribution < 1.29 is 19.3 Å². The van der Waals surface area contributed by atoms with Crippen LogP contribution in [-0.2, 0) is 4.62 Å². The summed E-state index contributed by atoms with van der Waals surface area (Å²) in [4.78, 5) is 26.1. The van der Waals surface area contributed by atoms with Gasteiger partial charge in [0.25, 0.3) is 0 Å². The van der Waals surface area contributed by atoms with E-state index in [4.69, 9.17) is 14.7 Å². The van der Waals surface area contributed by atoms with Crippen molar-refractivity contribution in [3.05, 3.63) is 0 Å². The zero-order chi connectivity index (χ0) is 8.98. The molecule has 0 saturated heterocycles. The van der Waals surface area contributed by atoms with Crippen LogP contribution < -0.4 is 11.0 Å². The molecule has 6 nitrogen and oxygen atoms in total. The van der Waals surface area contributed by atoms with Gasteiger partial charge in [-0.25, -0.2) is 0 Å². The van der Waals surface area contributed by atoms with Crippen LogP contribution in [0.25, 0.3) is 0 Å². The van der Waals surface area contributed by atoms with Gasteiger partial charge >= 0.3 is 64.4 Å². The van der Waals surface area contributed by atoms with E-state index < -0.39 is 7.51 Å². The molecule has 7 heteroatoms. The Labute approximate surface area is 65.4 Å². The third-order valence-electron chi connectivity index (χ3n) is 0.707. The zero-order valence-electron chi connectivity index (χ0n) is 6.61. The number of hydrogen-bond donors (Lipinski definition) is 5. The van der Waals surface area contributed by atoms with Crippen molar-refractivity contribution in [2.45, 2.75) is 13.3 Å². The number of hydrazine groups is 1. The maximum absolute atomic E-state index is 8.70. The minimum absolute atomic E-state index is 0.604. The second-order valence-corrected chi connectivity index (χ2v) is 5.19. The van der Waals surface area contributed by atoms with E-state index in [1.807, 2.05) is 12.5 Å². The normalized spacial score (nSPS) is 15.9. The molecule has 0 bridgehead atoms. The van der Waals surface area contributed by atoms with Crippen LogP contribution in [0, 0.1) is 0 Å². The summed E-state index contributed by atoms with van der Waals surface area (Å²) in [6.07, 6.45) is 0.859. The molecule has 0 radical (unpaired) electrons. The SMILES string of the molecule is CCCNNOP(C)(O)(O)O. The summed E-state index contributed by atoms with van der Waals surface area (Å²) in [7, 11) is -4.83. The molecule has 0 heterocycles. The van der Waals surface area contributed by atoms with Gasteiger partial charge in [-0.15, -0.1) is 0 Å². The van der Waals surface area contributed by atoms with Crippen LogP contribution in [0.2, 0.25) is 0 Å². The van der Waals surface area contributed by atoms with E-state index in [9.17, 15) is 0 Å². The molecule has 0 aliphatic rings. The molecule has 0 aliphatic carbocycles. The molecule has 0 aromatic heterocycles. The fourth-order valence-corrected chi connectivity index (χ4v) is 0.593. The van der Waals surface area contributed by atoms with E-state index >= 15 is 0 Å². The molecule has 0 spiro atoms. The Morgan fingerprint density at radius 1 is 1.36 bits per heavy atom. The van der Waals surface area contributed by atoms with Crippen molar-refractivity contribution in [3.8, 4) is 0 Å². The Bertz CT molecular complexity index is 114. The van der Waals surface area contributed by atoms with Gasteiger partial charge in [0.15, 0.2) is 0 Å². The van der Waals surface area contributed by atoms with E-state index in [0.29, 0.717) is 6.54 Å². The Morgan fingerprint density at radius 3 is 2.27 bits per heavy atom. The molecule has 0 rings (SSSR count). The fraction of sp³-hybridized carbons (Fsp3) is 1.00. The molecule has 11 heavy (non-hydrogen) atoms. The van der Waals surface area contributed by atoms with Crippen molar-refractivity contribution in [1.82, 2.24) is 11.0 Å². The van der Waals surface area contributed by atoms with Crippen LogP contribution in [0.1, 0.15) is 13.3 Å². The Balaban J connectivity index is 3.40. The molecule has 70 valence electrons. The van der Waals surface area contributed by atoms with Crippen molar-refractivity contribution in [3.63, 3.8) is 0 Å². The van der Waals surface area contributed by atoms with Crippen LogP contribution in [0.5, 0.6) is 0 Å². The first-order chi connectivity index (χ1) is 4.81. The number of hydrogen-bond acceptors (Lipinski definition) is 6. The number of nitrogens with one attached hydrogen (secondary N) is 2. The summed E-state index contributed by atoms with van der Waals surface area (Å²) in [6.45, 7) is 3.34. The molecule has 0 aromatic rings. The first-order valence-corrected chi connectivity index (χ1v) is 5.70. The predicted octanol–water partition coefficient (Wildman–Crippen LogP) is -0.758. The van der Waals surface area contributed by atoms with Crippen LogP contribution in [-0.4, -0.2) is 27.9 Å². The molecule has 0 fully saturated rings.